The van der Waals surface area contributed by atoms with E-state index in [0.717, 1.165) is 19.5 Å². The monoisotopic (exact) mass is 402 g/mol. The van der Waals surface area contributed by atoms with Gasteiger partial charge in [-0.15, -0.1) is 0 Å². The first-order valence-corrected chi connectivity index (χ1v) is 10.9. The lowest BCUT2D eigenvalue weighted by atomic mass is 9.86. The van der Waals surface area contributed by atoms with Gasteiger partial charge < -0.3 is 24.6 Å². The molecule has 1 saturated heterocycles. The summed E-state index contributed by atoms with van der Waals surface area (Å²) in [4.78, 5) is 28.4. The van der Waals surface area contributed by atoms with E-state index >= 15 is 0 Å². The first-order chi connectivity index (χ1) is 14.1. The molecule has 2 fully saturated rings. The van der Waals surface area contributed by atoms with Crippen LogP contribution in [0.2, 0.25) is 0 Å². The number of benzene rings is 1. The fraction of sp³-hybridized carbons (Fsp3) is 0.636. The van der Waals surface area contributed by atoms with Gasteiger partial charge in [-0.2, -0.15) is 0 Å². The molecule has 1 aromatic rings. The number of ether oxygens (including phenoxy) is 2. The lowest BCUT2D eigenvalue weighted by Gasteiger charge is -2.35. The topological polar surface area (TPSA) is 72.3 Å². The smallest absolute Gasteiger partial charge is 0.275 e. The van der Waals surface area contributed by atoms with Crippen LogP contribution in [0.25, 0.3) is 0 Å². The van der Waals surface area contributed by atoms with Gasteiger partial charge in [0.05, 0.1) is 26.2 Å². The third-order valence-electron chi connectivity index (χ3n) is 6.43. The number of quaternary nitrogens is 1. The molecule has 2 amide bonds. The van der Waals surface area contributed by atoms with Gasteiger partial charge in [-0.3, -0.25) is 9.59 Å². The molecular formula is C22H32N3O4+. The largest absolute Gasteiger partial charge is 0.485 e. The van der Waals surface area contributed by atoms with Gasteiger partial charge in [0, 0.05) is 6.04 Å². The minimum absolute atomic E-state index is 0.0287. The second-order valence-electron chi connectivity index (χ2n) is 8.55. The van der Waals surface area contributed by atoms with Crippen molar-refractivity contribution >= 4 is 11.8 Å². The lowest BCUT2D eigenvalue weighted by Crippen LogP contribution is -3.16. The van der Waals surface area contributed by atoms with Gasteiger partial charge in [0.15, 0.2) is 18.0 Å². The molecule has 0 bridgehead atoms. The van der Waals surface area contributed by atoms with E-state index < -0.39 is 6.10 Å². The van der Waals surface area contributed by atoms with Crippen LogP contribution >= 0.6 is 0 Å². The molecular weight excluding hydrogens is 370 g/mol. The van der Waals surface area contributed by atoms with Crippen LogP contribution in [0.4, 0.5) is 0 Å². The number of hydrogen-bond donors (Lipinski definition) is 2. The number of rotatable bonds is 4. The van der Waals surface area contributed by atoms with Crippen LogP contribution in [0, 0.1) is 5.92 Å². The lowest BCUT2D eigenvalue weighted by molar-refractivity contribution is -0.896. The Morgan fingerprint density at radius 3 is 2.62 bits per heavy atom. The van der Waals surface area contributed by atoms with E-state index in [0.29, 0.717) is 43.1 Å². The second kappa shape index (κ2) is 9.03. The SMILES string of the molecule is C[C@H]1CCCC[C@@H]1NC(=O)C[NH+]1CCN(C(=O)[C@@H]2COc3ccccc3O2)CC1. The summed E-state index contributed by atoms with van der Waals surface area (Å²) >= 11 is 0. The van der Waals surface area contributed by atoms with Crippen LogP contribution in [0.3, 0.4) is 0 Å². The number of hydrogen-bond acceptors (Lipinski definition) is 4. The fourth-order valence-electron chi connectivity index (χ4n) is 4.58. The molecule has 0 unspecified atom stereocenters. The zero-order valence-corrected chi connectivity index (χ0v) is 17.2. The van der Waals surface area contributed by atoms with Gasteiger partial charge in [-0.05, 0) is 30.9 Å². The first-order valence-electron chi connectivity index (χ1n) is 10.9. The number of carbonyl (C=O) groups is 2. The summed E-state index contributed by atoms with van der Waals surface area (Å²) in [6.45, 7) is 5.81. The van der Waals surface area contributed by atoms with Gasteiger partial charge >= 0.3 is 0 Å². The van der Waals surface area contributed by atoms with Crippen molar-refractivity contribution in [2.75, 3.05) is 39.3 Å². The van der Waals surface area contributed by atoms with E-state index in [-0.39, 0.29) is 18.4 Å². The molecule has 7 heteroatoms. The quantitative estimate of drug-likeness (QED) is 0.757. The summed E-state index contributed by atoms with van der Waals surface area (Å²) in [6.07, 6.45) is 4.19. The molecule has 3 aliphatic rings. The van der Waals surface area contributed by atoms with E-state index in [1.165, 1.54) is 24.2 Å². The second-order valence-corrected chi connectivity index (χ2v) is 8.55. The predicted octanol–water partition coefficient (Wildman–Crippen LogP) is 0.248. The van der Waals surface area contributed by atoms with Crippen molar-refractivity contribution in [3.63, 3.8) is 0 Å². The zero-order chi connectivity index (χ0) is 20.2. The summed E-state index contributed by atoms with van der Waals surface area (Å²) in [5, 5.41) is 3.23. The molecule has 0 spiro atoms. The molecule has 4 rings (SSSR count). The molecule has 0 radical (unpaired) electrons. The molecule has 7 nitrogen and oxygen atoms in total. The Morgan fingerprint density at radius 1 is 1.14 bits per heavy atom. The summed E-state index contributed by atoms with van der Waals surface area (Å²) in [5.74, 6) is 1.98. The van der Waals surface area contributed by atoms with E-state index in [1.807, 2.05) is 29.2 Å². The average Bonchev–Trinajstić information content (AvgIpc) is 2.75. The van der Waals surface area contributed by atoms with E-state index in [1.54, 1.807) is 0 Å². The van der Waals surface area contributed by atoms with Crippen LogP contribution in [-0.4, -0.2) is 68.2 Å². The van der Waals surface area contributed by atoms with Gasteiger partial charge in [0.25, 0.3) is 11.8 Å². The molecule has 2 heterocycles. The zero-order valence-electron chi connectivity index (χ0n) is 17.2. The summed E-state index contributed by atoms with van der Waals surface area (Å²) < 4.78 is 11.5. The Morgan fingerprint density at radius 2 is 1.86 bits per heavy atom. The van der Waals surface area contributed by atoms with Crippen LogP contribution in [-0.2, 0) is 9.59 Å². The number of piperazine rings is 1. The molecule has 3 atom stereocenters. The van der Waals surface area contributed by atoms with Crippen molar-refractivity contribution < 1.29 is 24.0 Å². The fourth-order valence-corrected chi connectivity index (χ4v) is 4.58. The van der Waals surface area contributed by atoms with Crippen molar-refractivity contribution in [3.8, 4) is 11.5 Å². The normalized spacial score (nSPS) is 27.3. The molecule has 158 valence electrons. The van der Waals surface area contributed by atoms with E-state index in [9.17, 15) is 9.59 Å². The Balaban J connectivity index is 1.22. The highest BCUT2D eigenvalue weighted by atomic mass is 16.6. The minimum atomic E-state index is -0.595. The third kappa shape index (κ3) is 4.83. The number of para-hydroxylation sites is 2. The number of fused-ring (bicyclic) bond motifs is 1. The van der Waals surface area contributed by atoms with E-state index in [2.05, 4.69) is 12.2 Å². The number of nitrogens with one attached hydrogen (secondary N) is 2. The van der Waals surface area contributed by atoms with Crippen molar-refractivity contribution in [1.29, 1.82) is 0 Å². The summed E-state index contributed by atoms with van der Waals surface area (Å²) in [7, 11) is 0. The highest BCUT2D eigenvalue weighted by molar-refractivity contribution is 5.82. The van der Waals surface area contributed by atoms with Crippen molar-refractivity contribution in [2.45, 2.75) is 44.8 Å². The average molecular weight is 403 g/mol. The van der Waals surface area contributed by atoms with Crippen LogP contribution < -0.4 is 19.7 Å². The van der Waals surface area contributed by atoms with Crippen molar-refractivity contribution in [2.24, 2.45) is 5.92 Å². The minimum Gasteiger partial charge on any atom is -0.485 e. The molecule has 1 aliphatic carbocycles. The molecule has 29 heavy (non-hydrogen) atoms. The van der Waals surface area contributed by atoms with Gasteiger partial charge in [-0.25, -0.2) is 0 Å². The maximum Gasteiger partial charge on any atom is 0.275 e. The Bertz CT molecular complexity index is 733. The molecule has 0 aromatic heterocycles. The number of amides is 2. The predicted molar refractivity (Wildman–Crippen MR) is 108 cm³/mol. The Kier molecular flexibility index (Phi) is 6.23. The Hall–Kier alpha value is -2.28. The maximum absolute atomic E-state index is 12.8. The molecule has 1 saturated carbocycles. The Labute approximate surface area is 172 Å². The molecule has 2 aliphatic heterocycles. The first kappa shape index (κ1) is 20.0. The molecule has 2 N–H and O–H groups in total. The van der Waals surface area contributed by atoms with E-state index in [4.69, 9.17) is 9.47 Å². The van der Waals surface area contributed by atoms with Gasteiger partial charge in [0.2, 0.25) is 6.10 Å². The maximum atomic E-state index is 12.8. The molecule has 1 aromatic carbocycles. The van der Waals surface area contributed by atoms with Crippen LogP contribution in [0.1, 0.15) is 32.6 Å². The number of carbonyl (C=O) groups excluding carboxylic acids is 2. The standard InChI is InChI=1S/C22H31N3O4/c1-16-6-2-3-7-17(16)23-21(26)14-24-10-12-25(13-11-24)22(27)20-15-28-18-8-4-5-9-19(18)29-20/h4-5,8-9,16-17,20H,2-3,6-7,10-15H2,1H3,(H,23,26)/p+1/t16-,17-,20-/m0/s1. The van der Waals surface area contributed by atoms with Gasteiger partial charge in [0.1, 0.15) is 6.61 Å². The number of nitrogens with zero attached hydrogens (tertiary/aromatic N) is 1. The van der Waals surface area contributed by atoms with Gasteiger partial charge in [-0.1, -0.05) is 31.9 Å². The summed E-state index contributed by atoms with van der Waals surface area (Å²) in [5.41, 5.74) is 0. The van der Waals surface area contributed by atoms with Crippen molar-refractivity contribution in [1.82, 2.24) is 10.2 Å². The van der Waals surface area contributed by atoms with Crippen molar-refractivity contribution in [3.05, 3.63) is 24.3 Å². The van der Waals surface area contributed by atoms with Crippen LogP contribution in [0.5, 0.6) is 11.5 Å². The highest BCUT2D eigenvalue weighted by Gasteiger charge is 2.34. The third-order valence-corrected chi connectivity index (χ3v) is 6.43. The van der Waals surface area contributed by atoms with Crippen LogP contribution in [0.15, 0.2) is 24.3 Å². The highest BCUT2D eigenvalue weighted by Crippen LogP contribution is 2.31. The summed E-state index contributed by atoms with van der Waals surface area (Å²) in [6, 6.07) is 7.75.